The Morgan fingerprint density at radius 3 is 2.71 bits per heavy atom. The summed E-state index contributed by atoms with van der Waals surface area (Å²) < 4.78 is 36.0. The first-order valence-corrected chi connectivity index (χ1v) is 13.7. The molecule has 42 heavy (non-hydrogen) atoms. The van der Waals surface area contributed by atoms with Crippen molar-refractivity contribution in [3.63, 3.8) is 0 Å². The van der Waals surface area contributed by atoms with Crippen molar-refractivity contribution in [2.45, 2.75) is 12.5 Å². The van der Waals surface area contributed by atoms with E-state index in [4.69, 9.17) is 16.3 Å². The molecule has 1 saturated heterocycles. The highest BCUT2D eigenvalue weighted by atomic mass is 35.5. The molecule has 0 unspecified atom stereocenters. The highest BCUT2D eigenvalue weighted by Crippen LogP contribution is 2.37. The lowest BCUT2D eigenvalue weighted by Gasteiger charge is -2.41. The number of hydrogen-bond donors (Lipinski definition) is 0. The summed E-state index contributed by atoms with van der Waals surface area (Å²) in [7, 11) is 3.79. The molecule has 2 aromatic carbocycles. The number of pyridine rings is 1. The Kier molecular flexibility index (Phi) is 8.47. The van der Waals surface area contributed by atoms with E-state index in [1.807, 2.05) is 48.2 Å². The number of benzene rings is 2. The van der Waals surface area contributed by atoms with Gasteiger partial charge < -0.3 is 19.4 Å². The summed E-state index contributed by atoms with van der Waals surface area (Å²) in [6, 6.07) is 12.3. The van der Waals surface area contributed by atoms with Gasteiger partial charge in [-0.05, 0) is 25.5 Å². The molecule has 0 radical (unpaired) electrons. The maximum Gasteiger partial charge on any atom is 0.319 e. The van der Waals surface area contributed by atoms with Crippen LogP contribution in [0.4, 0.5) is 14.6 Å². The first kappa shape index (κ1) is 29.1. The first-order chi connectivity index (χ1) is 20.2. The maximum atomic E-state index is 16.4. The Morgan fingerprint density at radius 2 is 2.00 bits per heavy atom. The van der Waals surface area contributed by atoms with Crippen LogP contribution in [0.5, 0.6) is 6.01 Å². The zero-order valence-corrected chi connectivity index (χ0v) is 23.9. The fourth-order valence-corrected chi connectivity index (χ4v) is 5.36. The van der Waals surface area contributed by atoms with Gasteiger partial charge in [-0.1, -0.05) is 48.5 Å². The molecule has 12 heteroatoms. The van der Waals surface area contributed by atoms with Crippen molar-refractivity contribution >= 4 is 45.0 Å². The van der Waals surface area contributed by atoms with Crippen molar-refractivity contribution in [3.8, 4) is 23.3 Å². The van der Waals surface area contributed by atoms with Gasteiger partial charge in [0, 0.05) is 48.3 Å². The molecule has 0 N–H and O–H groups in total. The minimum Gasteiger partial charge on any atom is -0.462 e. The third kappa shape index (κ3) is 5.68. The van der Waals surface area contributed by atoms with E-state index >= 15 is 4.39 Å². The average Bonchev–Trinajstić information content (AvgIpc) is 2.97. The minimum absolute atomic E-state index is 0.00128. The van der Waals surface area contributed by atoms with E-state index in [-0.39, 0.29) is 49.9 Å². The molecule has 0 bridgehead atoms. The van der Waals surface area contributed by atoms with Gasteiger partial charge in [0.2, 0.25) is 0 Å². The zero-order valence-electron chi connectivity index (χ0n) is 23.1. The van der Waals surface area contributed by atoms with E-state index in [0.717, 1.165) is 5.39 Å². The average molecular weight is 592 g/mol. The normalized spacial score (nSPS) is 15.3. The van der Waals surface area contributed by atoms with Crippen LogP contribution in [-0.4, -0.2) is 83.6 Å². The van der Waals surface area contributed by atoms with Gasteiger partial charge in [0.05, 0.1) is 23.9 Å². The molecule has 4 aromatic rings. The fraction of sp³-hybridized carbons (Fsp3) is 0.300. The molecular weight excluding hydrogens is 564 g/mol. The summed E-state index contributed by atoms with van der Waals surface area (Å²) in [5.74, 6) is -2.29. The highest BCUT2D eigenvalue weighted by Gasteiger charge is 2.33. The van der Waals surface area contributed by atoms with Crippen LogP contribution in [-0.2, 0) is 4.79 Å². The number of ether oxygens (including phenoxy) is 1. The number of halogens is 3. The number of likely N-dealkylation sites (N-methyl/N-ethyl adjacent to an activating group) is 1. The Labute approximate surface area is 246 Å². The molecule has 1 atom stereocenters. The number of anilines is 1. The van der Waals surface area contributed by atoms with Gasteiger partial charge in [-0.15, -0.1) is 0 Å². The molecular formula is C30H28ClF2N7O2. The van der Waals surface area contributed by atoms with Crippen LogP contribution >= 0.6 is 11.6 Å². The van der Waals surface area contributed by atoms with Gasteiger partial charge in [-0.25, -0.2) is 8.78 Å². The van der Waals surface area contributed by atoms with Crippen molar-refractivity contribution in [1.82, 2.24) is 24.8 Å². The van der Waals surface area contributed by atoms with E-state index in [1.54, 1.807) is 12.1 Å². The van der Waals surface area contributed by atoms with E-state index in [2.05, 4.69) is 27.6 Å². The molecule has 9 nitrogen and oxygen atoms in total. The second-order valence-electron chi connectivity index (χ2n) is 10.2. The number of nitriles is 1. The van der Waals surface area contributed by atoms with Crippen molar-refractivity contribution in [1.29, 1.82) is 5.26 Å². The van der Waals surface area contributed by atoms with Crippen molar-refractivity contribution in [2.24, 2.45) is 0 Å². The lowest BCUT2D eigenvalue weighted by Crippen LogP contribution is -2.55. The van der Waals surface area contributed by atoms with Crippen LogP contribution in [0.2, 0.25) is 5.02 Å². The number of amides is 1. The van der Waals surface area contributed by atoms with Crippen LogP contribution in [0.1, 0.15) is 6.42 Å². The molecule has 1 fully saturated rings. The zero-order chi connectivity index (χ0) is 30.0. The number of hydrogen-bond acceptors (Lipinski definition) is 8. The monoisotopic (exact) mass is 591 g/mol. The van der Waals surface area contributed by atoms with Gasteiger partial charge in [0.15, 0.2) is 11.6 Å². The molecule has 2 aromatic heterocycles. The van der Waals surface area contributed by atoms with Crippen molar-refractivity contribution in [3.05, 3.63) is 65.8 Å². The number of aromatic nitrogens is 3. The molecule has 1 aliphatic heterocycles. The summed E-state index contributed by atoms with van der Waals surface area (Å²) in [6.07, 6.45) is 1.46. The molecule has 3 heterocycles. The Hall–Kier alpha value is -4.40. The van der Waals surface area contributed by atoms with E-state index in [9.17, 15) is 14.4 Å². The largest absolute Gasteiger partial charge is 0.462 e. The summed E-state index contributed by atoms with van der Waals surface area (Å²) in [6.45, 7) is 4.45. The van der Waals surface area contributed by atoms with Gasteiger partial charge in [-0.2, -0.15) is 15.2 Å². The Balaban J connectivity index is 1.63. The summed E-state index contributed by atoms with van der Waals surface area (Å²) in [5, 5.41) is 11.7. The SMILES string of the molecule is C=C(F)C(=O)N1CCN(c2nc(OCCN(C)C)nc3c(F)c(-c4cccc5cccc(Cl)c45)ncc23)C[C@@H]1CC#N. The third-order valence-corrected chi connectivity index (χ3v) is 7.44. The Morgan fingerprint density at radius 1 is 1.24 bits per heavy atom. The second kappa shape index (κ2) is 12.2. The molecule has 5 rings (SSSR count). The summed E-state index contributed by atoms with van der Waals surface area (Å²) >= 11 is 6.52. The maximum absolute atomic E-state index is 16.4. The second-order valence-corrected chi connectivity index (χ2v) is 10.6. The highest BCUT2D eigenvalue weighted by molar-refractivity contribution is 6.36. The topological polar surface area (TPSA) is 98.5 Å². The standard InChI is InChI=1S/C30H28ClF2N7O2/c1-18(32)29(41)40-13-12-39(17-20(40)10-11-34)28-22-16-35-26(21-8-4-6-19-7-5-9-23(31)24(19)21)25(33)27(22)36-30(37-28)42-15-14-38(2)3/h4-9,16,20H,1,10,12-15,17H2,2-3H3/t20-/m0/s1. The van der Waals surface area contributed by atoms with E-state index in [1.165, 1.54) is 11.1 Å². The molecule has 0 spiro atoms. The van der Waals surface area contributed by atoms with Gasteiger partial charge in [0.25, 0.3) is 5.91 Å². The summed E-state index contributed by atoms with van der Waals surface area (Å²) in [4.78, 5) is 31.0. The first-order valence-electron chi connectivity index (χ1n) is 13.3. The van der Waals surface area contributed by atoms with Gasteiger partial charge in [0.1, 0.15) is 23.6 Å². The number of nitrogens with zero attached hydrogens (tertiary/aromatic N) is 7. The van der Waals surface area contributed by atoms with Crippen molar-refractivity contribution in [2.75, 3.05) is 51.8 Å². The molecule has 1 amide bonds. The molecule has 0 aliphatic carbocycles. The Bertz CT molecular complexity index is 1720. The van der Waals surface area contributed by atoms with E-state index in [0.29, 0.717) is 33.7 Å². The van der Waals surface area contributed by atoms with Crippen LogP contribution in [0.15, 0.2) is 55.0 Å². The van der Waals surface area contributed by atoms with Gasteiger partial charge in [-0.3, -0.25) is 9.78 Å². The third-order valence-electron chi connectivity index (χ3n) is 7.12. The van der Waals surface area contributed by atoms with Crippen LogP contribution in [0.3, 0.4) is 0 Å². The molecule has 1 aliphatic rings. The predicted octanol–water partition coefficient (Wildman–Crippen LogP) is 4.99. The fourth-order valence-electron chi connectivity index (χ4n) is 5.08. The minimum atomic E-state index is -1.09. The number of carbonyl (C=O) groups excluding carboxylic acids is 1. The summed E-state index contributed by atoms with van der Waals surface area (Å²) in [5.41, 5.74) is 0.589. The van der Waals surface area contributed by atoms with Crippen LogP contribution in [0.25, 0.3) is 32.9 Å². The number of rotatable bonds is 8. The number of piperazine rings is 1. The van der Waals surface area contributed by atoms with E-state index < -0.39 is 23.6 Å². The van der Waals surface area contributed by atoms with Crippen molar-refractivity contribution < 1.29 is 18.3 Å². The quantitative estimate of drug-likeness (QED) is 0.264. The lowest BCUT2D eigenvalue weighted by molar-refractivity contribution is -0.131. The lowest BCUT2D eigenvalue weighted by atomic mass is 10.0. The molecule has 0 saturated carbocycles. The van der Waals surface area contributed by atoms with Crippen LogP contribution < -0.4 is 9.64 Å². The van der Waals surface area contributed by atoms with Crippen LogP contribution in [0, 0.1) is 17.1 Å². The van der Waals surface area contributed by atoms with Gasteiger partial charge >= 0.3 is 6.01 Å². The molecule has 216 valence electrons. The smallest absolute Gasteiger partial charge is 0.319 e. The number of fused-ring (bicyclic) bond motifs is 2. The predicted molar refractivity (Wildman–Crippen MR) is 157 cm³/mol. The number of carbonyl (C=O) groups is 1.